The van der Waals surface area contributed by atoms with E-state index in [1.165, 1.54) is 0 Å². The van der Waals surface area contributed by atoms with Crippen molar-refractivity contribution >= 4 is 16.1 Å². The first-order valence-corrected chi connectivity index (χ1v) is 6.28. The van der Waals surface area contributed by atoms with Crippen LogP contribution in [0.3, 0.4) is 0 Å². The van der Waals surface area contributed by atoms with Gasteiger partial charge >= 0.3 is 17.4 Å². The van der Waals surface area contributed by atoms with Gasteiger partial charge in [-0.2, -0.15) is 22.0 Å². The molecule has 0 aliphatic carbocycles. The normalized spacial score (nSPS) is 18.2. The Morgan fingerprint density at radius 3 is 1.85 bits per heavy atom. The first-order valence-electron chi connectivity index (χ1n) is 4.87. The van der Waals surface area contributed by atoms with E-state index in [1.54, 1.807) is 0 Å². The van der Waals surface area contributed by atoms with Crippen LogP contribution in [0.5, 0.6) is 0 Å². The van der Waals surface area contributed by atoms with E-state index in [0.29, 0.717) is 6.92 Å². The molecule has 0 saturated heterocycles. The van der Waals surface area contributed by atoms with Gasteiger partial charge < -0.3 is 9.29 Å². The first kappa shape index (κ1) is 19.0. The summed E-state index contributed by atoms with van der Waals surface area (Å²) in [5.74, 6) is -2.36. The summed E-state index contributed by atoms with van der Waals surface area (Å²) in [7, 11) is -6.79. The van der Waals surface area contributed by atoms with Gasteiger partial charge in [0.25, 0.3) is 6.10 Å². The van der Waals surface area contributed by atoms with Crippen molar-refractivity contribution in [1.29, 1.82) is 0 Å². The van der Waals surface area contributed by atoms with Crippen molar-refractivity contribution in [3.05, 3.63) is 0 Å². The van der Waals surface area contributed by atoms with E-state index >= 15 is 0 Å². The second-order valence-corrected chi connectivity index (χ2v) is 5.35. The number of alkyl halides is 6. The molecule has 0 N–H and O–H groups in total. The maximum Gasteiger partial charge on any atom is 0.432 e. The molecule has 0 spiro atoms. The van der Waals surface area contributed by atoms with Crippen LogP contribution in [-0.2, 0) is 19.6 Å². The lowest BCUT2D eigenvalue weighted by atomic mass is 10.1. The fourth-order valence-electron chi connectivity index (χ4n) is 0.831. The highest BCUT2D eigenvalue weighted by atomic mass is 32.2. The van der Waals surface area contributed by atoms with Gasteiger partial charge in [-0.3, -0.25) is 0 Å². The number of halogens is 6. The molecule has 0 aromatic heterocycles. The van der Waals surface area contributed by atoms with Crippen LogP contribution in [0.4, 0.5) is 26.3 Å². The van der Waals surface area contributed by atoms with Crippen molar-refractivity contribution in [2.75, 3.05) is 0 Å². The number of hydrogen-bond acceptors (Lipinski definition) is 5. The highest BCUT2D eigenvalue weighted by Crippen LogP contribution is 2.38. The molecular formula is C8H9F6O5S-. The van der Waals surface area contributed by atoms with Gasteiger partial charge in [0.1, 0.15) is 0 Å². The molecule has 0 aliphatic heterocycles. The second-order valence-electron chi connectivity index (χ2n) is 3.89. The van der Waals surface area contributed by atoms with Crippen molar-refractivity contribution < 1.29 is 48.8 Å². The fraction of sp³-hybridized carbons (Fsp3) is 0.875. The molecule has 0 amide bonds. The average Bonchev–Trinajstić information content (AvgIpc) is 2.21. The van der Waals surface area contributed by atoms with Crippen molar-refractivity contribution in [2.45, 2.75) is 43.5 Å². The van der Waals surface area contributed by atoms with E-state index in [-0.39, 0.29) is 0 Å². The van der Waals surface area contributed by atoms with Crippen LogP contribution in [-0.4, -0.2) is 42.1 Å². The molecule has 0 aromatic rings. The summed E-state index contributed by atoms with van der Waals surface area (Å²) in [5, 5.41) is -5.98. The molecule has 20 heavy (non-hydrogen) atoms. The summed E-state index contributed by atoms with van der Waals surface area (Å²) >= 11 is 0. The number of rotatable bonds is 5. The summed E-state index contributed by atoms with van der Waals surface area (Å²) in [6.07, 6.45) is -11.4. The van der Waals surface area contributed by atoms with E-state index in [2.05, 4.69) is 4.74 Å². The number of hydrogen-bond donors (Lipinski definition) is 0. The standard InChI is InChI=1S/C8H10F6O5S/c1-3-6(2,9)5(15)19-4(7(10,11)12)8(13,14)20(16,17)18/h4H,3H2,1-2H3,(H,16,17,18)/p-1. The second kappa shape index (κ2) is 5.39. The number of esters is 1. The lowest BCUT2D eigenvalue weighted by Crippen LogP contribution is -2.53. The molecule has 0 aromatic carbocycles. The van der Waals surface area contributed by atoms with E-state index < -0.39 is 45.7 Å². The fourth-order valence-corrected chi connectivity index (χ4v) is 1.28. The molecule has 0 radical (unpaired) electrons. The van der Waals surface area contributed by atoms with E-state index in [4.69, 9.17) is 0 Å². The molecule has 0 fully saturated rings. The third-order valence-electron chi connectivity index (χ3n) is 2.25. The minimum absolute atomic E-state index is 0.451. The smallest absolute Gasteiger partial charge is 0.432 e. The molecule has 0 aliphatic rings. The zero-order valence-corrected chi connectivity index (χ0v) is 10.8. The topological polar surface area (TPSA) is 83.5 Å². The summed E-state index contributed by atoms with van der Waals surface area (Å²) < 4.78 is 110. The largest absolute Gasteiger partial charge is 0.743 e. The predicted octanol–water partition coefficient (Wildman–Crippen LogP) is 1.74. The van der Waals surface area contributed by atoms with Gasteiger partial charge in [0.2, 0.25) is 5.67 Å². The lowest BCUT2D eigenvalue weighted by Gasteiger charge is -2.31. The third kappa shape index (κ3) is 3.98. The highest BCUT2D eigenvalue weighted by molar-refractivity contribution is 7.86. The van der Waals surface area contributed by atoms with Gasteiger partial charge in [0, 0.05) is 0 Å². The van der Waals surface area contributed by atoms with Gasteiger partial charge in [-0.1, -0.05) is 6.92 Å². The van der Waals surface area contributed by atoms with Crippen molar-refractivity contribution in [2.24, 2.45) is 0 Å². The minimum atomic E-state index is -6.79. The van der Waals surface area contributed by atoms with Crippen LogP contribution in [0.25, 0.3) is 0 Å². The number of carbonyl (C=O) groups is 1. The zero-order chi connectivity index (χ0) is 16.6. The molecule has 2 atom stereocenters. The monoisotopic (exact) mass is 331 g/mol. The van der Waals surface area contributed by atoms with Gasteiger partial charge in [-0.25, -0.2) is 17.6 Å². The maximum atomic E-state index is 13.3. The molecule has 120 valence electrons. The molecule has 0 heterocycles. The summed E-state index contributed by atoms with van der Waals surface area (Å²) in [4.78, 5) is 11.0. The highest BCUT2D eigenvalue weighted by Gasteiger charge is 2.63. The van der Waals surface area contributed by atoms with Crippen LogP contribution in [0, 0.1) is 0 Å². The minimum Gasteiger partial charge on any atom is -0.743 e. The molecule has 0 rings (SSSR count). The molecule has 5 nitrogen and oxygen atoms in total. The Kier molecular flexibility index (Phi) is 5.11. The van der Waals surface area contributed by atoms with Crippen LogP contribution in [0.1, 0.15) is 20.3 Å². The number of ether oxygens (including phenoxy) is 1. The van der Waals surface area contributed by atoms with E-state index in [0.717, 1.165) is 6.92 Å². The van der Waals surface area contributed by atoms with Crippen LogP contribution in [0.2, 0.25) is 0 Å². The SMILES string of the molecule is CCC(C)(F)C(=O)OC(C(F)(F)F)C(F)(F)S(=O)(=O)[O-]. The Labute approximate surface area is 109 Å². The van der Waals surface area contributed by atoms with Gasteiger partial charge in [0.15, 0.2) is 10.1 Å². The summed E-state index contributed by atoms with van der Waals surface area (Å²) in [6, 6.07) is 0. The summed E-state index contributed by atoms with van der Waals surface area (Å²) in [5.41, 5.74) is -3.05. The van der Waals surface area contributed by atoms with E-state index in [9.17, 15) is 44.1 Å². The molecule has 0 bridgehead atoms. The Hall–Kier alpha value is -1.04. The van der Waals surface area contributed by atoms with Crippen LogP contribution >= 0.6 is 0 Å². The summed E-state index contributed by atoms with van der Waals surface area (Å²) in [6.45, 7) is 1.46. The molecule has 2 unspecified atom stereocenters. The van der Waals surface area contributed by atoms with Gasteiger partial charge in [0.05, 0.1) is 0 Å². The Morgan fingerprint density at radius 2 is 1.60 bits per heavy atom. The Morgan fingerprint density at radius 1 is 1.20 bits per heavy atom. The van der Waals surface area contributed by atoms with Gasteiger partial charge in [-0.05, 0) is 13.3 Å². The molecule has 12 heteroatoms. The molecule has 0 saturated carbocycles. The van der Waals surface area contributed by atoms with Crippen LogP contribution in [0.15, 0.2) is 0 Å². The van der Waals surface area contributed by atoms with Crippen molar-refractivity contribution in [3.8, 4) is 0 Å². The number of carbonyl (C=O) groups excluding carboxylic acids is 1. The average molecular weight is 331 g/mol. The Balaban J connectivity index is 5.62. The maximum absolute atomic E-state index is 13.3. The van der Waals surface area contributed by atoms with Crippen LogP contribution < -0.4 is 0 Å². The van der Waals surface area contributed by atoms with Gasteiger partial charge in [-0.15, -0.1) is 0 Å². The van der Waals surface area contributed by atoms with Crippen molar-refractivity contribution in [3.63, 3.8) is 0 Å². The van der Waals surface area contributed by atoms with E-state index in [1.807, 2.05) is 0 Å². The zero-order valence-electron chi connectivity index (χ0n) is 10.0. The first-order chi connectivity index (χ1) is 8.57. The molecular weight excluding hydrogens is 322 g/mol. The predicted molar refractivity (Wildman–Crippen MR) is 50.4 cm³/mol. The third-order valence-corrected chi connectivity index (χ3v) is 3.13. The Bertz CT molecular complexity index is 468. The van der Waals surface area contributed by atoms with Crippen molar-refractivity contribution in [1.82, 2.24) is 0 Å². The quantitative estimate of drug-likeness (QED) is 0.435. The lowest BCUT2D eigenvalue weighted by molar-refractivity contribution is -0.263.